The molecule has 9 heteroatoms. The number of imidazole rings is 1. The van der Waals surface area contributed by atoms with E-state index in [9.17, 15) is 14.5 Å². The van der Waals surface area contributed by atoms with Gasteiger partial charge in [-0.15, -0.1) is 0 Å². The molecule has 0 fully saturated rings. The first-order chi connectivity index (χ1) is 9.43. The lowest BCUT2D eigenvalue weighted by atomic mass is 10.3. The summed E-state index contributed by atoms with van der Waals surface area (Å²) in [5.74, 6) is -0.697. The van der Waals surface area contributed by atoms with E-state index in [0.717, 1.165) is 17.8 Å². The molecule has 0 radical (unpaired) electrons. The summed E-state index contributed by atoms with van der Waals surface area (Å²) in [6.07, 6.45) is 1.48. The van der Waals surface area contributed by atoms with Crippen molar-refractivity contribution in [3.8, 4) is 0 Å². The highest BCUT2D eigenvalue weighted by Gasteiger charge is 2.20. The largest absolute Gasteiger partial charge is 0.390 e. The second kappa shape index (κ2) is 5.90. The average Bonchev–Trinajstić information content (AvgIpc) is 2.74. The normalized spacial score (nSPS) is 10.8. The maximum absolute atomic E-state index is 13.4. The summed E-state index contributed by atoms with van der Waals surface area (Å²) in [4.78, 5) is 14.7. The van der Waals surface area contributed by atoms with Crippen LogP contribution >= 0.6 is 27.7 Å². The minimum Gasteiger partial charge on any atom is -0.390 e. The first-order valence-electron chi connectivity index (χ1n) is 5.36. The Morgan fingerprint density at radius 3 is 2.85 bits per heavy atom. The molecule has 0 atom stereocenters. The first-order valence-corrected chi connectivity index (χ1v) is 6.97. The van der Waals surface area contributed by atoms with Crippen molar-refractivity contribution >= 4 is 33.4 Å². The van der Waals surface area contributed by atoms with Crippen LogP contribution < -0.4 is 0 Å². The number of aliphatic hydroxyl groups excluding tert-OH is 1. The molecule has 2 rings (SSSR count). The van der Waals surface area contributed by atoms with E-state index in [-0.39, 0.29) is 21.7 Å². The predicted molar refractivity (Wildman–Crippen MR) is 74.0 cm³/mol. The van der Waals surface area contributed by atoms with Crippen LogP contribution in [0.1, 0.15) is 5.69 Å². The topological polar surface area (TPSA) is 81.2 Å². The molecule has 0 amide bonds. The van der Waals surface area contributed by atoms with E-state index < -0.39 is 10.7 Å². The van der Waals surface area contributed by atoms with Crippen molar-refractivity contribution in [2.24, 2.45) is 7.05 Å². The van der Waals surface area contributed by atoms with Crippen LogP contribution in [0.5, 0.6) is 0 Å². The van der Waals surface area contributed by atoms with Gasteiger partial charge in [-0.3, -0.25) is 10.1 Å². The summed E-state index contributed by atoms with van der Waals surface area (Å²) in [6, 6.07) is 2.20. The highest BCUT2D eigenvalue weighted by Crippen LogP contribution is 2.37. The molecule has 106 valence electrons. The molecule has 20 heavy (non-hydrogen) atoms. The molecule has 0 aliphatic heterocycles. The highest BCUT2D eigenvalue weighted by atomic mass is 79.9. The van der Waals surface area contributed by atoms with Gasteiger partial charge in [-0.25, -0.2) is 9.37 Å². The number of benzene rings is 1. The number of halogens is 2. The molecule has 0 aliphatic rings. The van der Waals surface area contributed by atoms with Gasteiger partial charge in [0.15, 0.2) is 5.16 Å². The third-order valence-corrected chi connectivity index (χ3v) is 4.32. The zero-order valence-corrected chi connectivity index (χ0v) is 12.6. The predicted octanol–water partition coefficient (Wildman–Crippen LogP) is 2.87. The molecule has 0 bridgehead atoms. The fourth-order valence-corrected chi connectivity index (χ4v) is 2.97. The van der Waals surface area contributed by atoms with Crippen molar-refractivity contribution in [3.05, 3.63) is 44.4 Å². The Balaban J connectivity index is 2.44. The third kappa shape index (κ3) is 2.84. The summed E-state index contributed by atoms with van der Waals surface area (Å²) in [7, 11) is 1.69. The Morgan fingerprint density at radius 2 is 2.30 bits per heavy atom. The number of nitrogens with zero attached hydrogens (tertiary/aromatic N) is 3. The number of nitro groups is 1. The van der Waals surface area contributed by atoms with Gasteiger partial charge >= 0.3 is 0 Å². The van der Waals surface area contributed by atoms with Gasteiger partial charge in [0.2, 0.25) is 0 Å². The Bertz CT molecular complexity index is 677. The molecular formula is C11H9BrFN3O3S. The molecule has 1 aromatic heterocycles. The zero-order valence-electron chi connectivity index (χ0n) is 10.2. The van der Waals surface area contributed by atoms with Crippen molar-refractivity contribution in [1.82, 2.24) is 9.55 Å². The lowest BCUT2D eigenvalue weighted by Gasteiger charge is -2.05. The second-order valence-electron chi connectivity index (χ2n) is 3.84. The maximum atomic E-state index is 13.4. The highest BCUT2D eigenvalue weighted by molar-refractivity contribution is 9.10. The smallest absolute Gasteiger partial charge is 0.286 e. The summed E-state index contributed by atoms with van der Waals surface area (Å²) in [5.41, 5.74) is 0.251. The van der Waals surface area contributed by atoms with Crippen molar-refractivity contribution in [1.29, 1.82) is 0 Å². The van der Waals surface area contributed by atoms with E-state index >= 15 is 0 Å². The Hall–Kier alpha value is -1.45. The van der Waals surface area contributed by atoms with Gasteiger partial charge in [0.25, 0.3) is 5.69 Å². The van der Waals surface area contributed by atoms with Crippen molar-refractivity contribution in [2.75, 3.05) is 0 Å². The zero-order chi connectivity index (χ0) is 14.9. The van der Waals surface area contributed by atoms with E-state index in [2.05, 4.69) is 20.9 Å². The third-order valence-electron chi connectivity index (χ3n) is 2.60. The summed E-state index contributed by atoms with van der Waals surface area (Å²) in [5, 5.41) is 20.5. The van der Waals surface area contributed by atoms with Gasteiger partial charge in [0.05, 0.1) is 38.9 Å². The number of hydrogen-bond donors (Lipinski definition) is 1. The summed E-state index contributed by atoms with van der Waals surface area (Å²) >= 11 is 4.03. The molecular weight excluding hydrogens is 353 g/mol. The molecule has 0 unspecified atom stereocenters. The number of hydrogen-bond acceptors (Lipinski definition) is 5. The van der Waals surface area contributed by atoms with Gasteiger partial charge < -0.3 is 9.67 Å². The van der Waals surface area contributed by atoms with E-state index in [4.69, 9.17) is 5.11 Å². The molecule has 1 N–H and O–H groups in total. The van der Waals surface area contributed by atoms with Crippen molar-refractivity contribution < 1.29 is 14.4 Å². The van der Waals surface area contributed by atoms with Crippen molar-refractivity contribution in [2.45, 2.75) is 16.7 Å². The van der Waals surface area contributed by atoms with Crippen molar-refractivity contribution in [3.63, 3.8) is 0 Å². The SMILES string of the molecule is Cn1c(CO)cnc1Sc1cc(Br)c(F)cc1[N+](=O)[O-]. The minimum atomic E-state index is -0.697. The fraction of sp³-hybridized carbons (Fsp3) is 0.182. The lowest BCUT2D eigenvalue weighted by molar-refractivity contribution is -0.387. The molecule has 1 aromatic carbocycles. The number of aromatic nitrogens is 2. The van der Waals surface area contributed by atoms with Crippen LogP contribution in [0.15, 0.2) is 32.9 Å². The van der Waals surface area contributed by atoms with Gasteiger partial charge in [0, 0.05) is 7.05 Å². The van der Waals surface area contributed by atoms with E-state index in [1.54, 1.807) is 11.6 Å². The minimum absolute atomic E-state index is 0.141. The number of nitro benzene ring substituents is 1. The van der Waals surface area contributed by atoms with Crippen LogP contribution in [-0.2, 0) is 13.7 Å². The Morgan fingerprint density at radius 1 is 1.60 bits per heavy atom. The average molecular weight is 362 g/mol. The van der Waals surface area contributed by atoms with Crippen LogP contribution in [0.2, 0.25) is 0 Å². The van der Waals surface area contributed by atoms with Gasteiger partial charge in [-0.1, -0.05) is 0 Å². The van der Waals surface area contributed by atoms with Gasteiger partial charge in [0.1, 0.15) is 5.82 Å². The molecule has 2 aromatic rings. The second-order valence-corrected chi connectivity index (χ2v) is 5.71. The van der Waals surface area contributed by atoms with Crippen LogP contribution in [-0.4, -0.2) is 19.6 Å². The Labute approximate surface area is 125 Å². The quantitative estimate of drug-likeness (QED) is 0.668. The molecule has 0 saturated carbocycles. The van der Waals surface area contributed by atoms with Gasteiger partial charge in [-0.05, 0) is 33.8 Å². The van der Waals surface area contributed by atoms with Crippen LogP contribution in [0.3, 0.4) is 0 Å². The van der Waals surface area contributed by atoms with E-state index in [1.165, 1.54) is 12.3 Å². The number of rotatable bonds is 4. The molecule has 0 saturated heterocycles. The molecule has 6 nitrogen and oxygen atoms in total. The van der Waals surface area contributed by atoms with Crippen LogP contribution in [0.25, 0.3) is 0 Å². The van der Waals surface area contributed by atoms with Gasteiger partial charge in [-0.2, -0.15) is 0 Å². The standard InChI is InChI=1S/C11H9BrFN3O3S/c1-15-6(5-17)4-14-11(15)20-10-2-7(12)8(13)3-9(10)16(18)19/h2-4,17H,5H2,1H3. The molecule has 1 heterocycles. The maximum Gasteiger partial charge on any atom is 0.286 e. The van der Waals surface area contributed by atoms with E-state index in [1.807, 2.05) is 0 Å². The molecule has 0 spiro atoms. The lowest BCUT2D eigenvalue weighted by Crippen LogP contribution is -1.98. The van der Waals surface area contributed by atoms with Crippen LogP contribution in [0, 0.1) is 15.9 Å². The fourth-order valence-electron chi connectivity index (χ4n) is 1.51. The monoisotopic (exact) mass is 361 g/mol. The summed E-state index contributed by atoms with van der Waals surface area (Å²) < 4.78 is 15.1. The number of aliphatic hydroxyl groups is 1. The van der Waals surface area contributed by atoms with E-state index in [0.29, 0.717) is 10.9 Å². The first kappa shape index (κ1) is 14.9. The Kier molecular flexibility index (Phi) is 4.41. The molecule has 0 aliphatic carbocycles. The van der Waals surface area contributed by atoms with Crippen LogP contribution in [0.4, 0.5) is 10.1 Å². The summed E-state index contributed by atoms with van der Waals surface area (Å²) in [6.45, 7) is -0.181.